The molecular formula is C11H10ClF2N3. The van der Waals surface area contributed by atoms with Crippen molar-refractivity contribution in [1.29, 1.82) is 0 Å². The molecule has 0 atom stereocenters. The first kappa shape index (κ1) is 12.0. The van der Waals surface area contributed by atoms with Gasteiger partial charge in [-0.2, -0.15) is 0 Å². The average Bonchev–Trinajstić information content (AvgIpc) is 2.64. The zero-order valence-electron chi connectivity index (χ0n) is 9.02. The molecule has 0 saturated heterocycles. The highest BCUT2D eigenvalue weighted by Crippen LogP contribution is 2.28. The summed E-state index contributed by atoms with van der Waals surface area (Å²) in [7, 11) is 1.75. The van der Waals surface area contributed by atoms with Crippen molar-refractivity contribution < 1.29 is 8.78 Å². The summed E-state index contributed by atoms with van der Waals surface area (Å²) >= 11 is 5.90. The third-order valence-electron chi connectivity index (χ3n) is 2.24. The molecule has 2 rings (SSSR count). The fourth-order valence-electron chi connectivity index (χ4n) is 1.51. The third-order valence-corrected chi connectivity index (χ3v) is 2.51. The van der Waals surface area contributed by atoms with Crippen molar-refractivity contribution in [2.75, 3.05) is 7.05 Å². The van der Waals surface area contributed by atoms with Crippen LogP contribution in [0.3, 0.4) is 0 Å². The second kappa shape index (κ2) is 4.81. The maximum atomic E-state index is 13.5. The van der Waals surface area contributed by atoms with E-state index in [0.717, 1.165) is 18.2 Å². The predicted molar refractivity (Wildman–Crippen MR) is 61.7 cm³/mol. The van der Waals surface area contributed by atoms with Gasteiger partial charge in [0.2, 0.25) is 0 Å². The minimum absolute atomic E-state index is 0.0496. The molecule has 2 N–H and O–H groups in total. The van der Waals surface area contributed by atoms with Gasteiger partial charge in [-0.05, 0) is 25.2 Å². The van der Waals surface area contributed by atoms with Gasteiger partial charge in [-0.3, -0.25) is 0 Å². The molecule has 2 aromatic rings. The molecule has 1 heterocycles. The molecule has 0 unspecified atom stereocenters. The number of imidazole rings is 1. The number of rotatable bonds is 3. The fourth-order valence-corrected chi connectivity index (χ4v) is 1.76. The van der Waals surface area contributed by atoms with Crippen molar-refractivity contribution in [3.8, 4) is 11.3 Å². The Bertz CT molecular complexity index is 540. The van der Waals surface area contributed by atoms with E-state index in [1.54, 1.807) is 7.05 Å². The first-order valence-electron chi connectivity index (χ1n) is 4.96. The second-order valence-corrected chi connectivity index (χ2v) is 3.88. The van der Waals surface area contributed by atoms with Crippen LogP contribution >= 0.6 is 11.6 Å². The maximum Gasteiger partial charge on any atom is 0.134 e. The standard InChI is InChI=1S/C11H10ClF2N3/c1-15-5-9-16-10(11(12)17-9)7-4-6(13)2-3-8(7)14/h2-4,15H,5H2,1H3,(H,16,17). The van der Waals surface area contributed by atoms with Gasteiger partial charge in [0.1, 0.15) is 28.3 Å². The van der Waals surface area contributed by atoms with E-state index in [1.165, 1.54) is 0 Å². The van der Waals surface area contributed by atoms with Crippen LogP contribution in [-0.2, 0) is 6.54 Å². The molecule has 1 aromatic carbocycles. The molecule has 0 radical (unpaired) electrons. The van der Waals surface area contributed by atoms with Crippen molar-refractivity contribution in [1.82, 2.24) is 15.3 Å². The normalized spacial score (nSPS) is 10.8. The van der Waals surface area contributed by atoms with Gasteiger partial charge in [0.15, 0.2) is 0 Å². The Kier molecular flexibility index (Phi) is 3.40. The van der Waals surface area contributed by atoms with E-state index in [-0.39, 0.29) is 16.4 Å². The molecule has 0 amide bonds. The van der Waals surface area contributed by atoms with Gasteiger partial charge in [0, 0.05) is 5.56 Å². The maximum absolute atomic E-state index is 13.5. The van der Waals surface area contributed by atoms with Gasteiger partial charge in [-0.15, -0.1) is 0 Å². The minimum Gasteiger partial charge on any atom is -0.331 e. The van der Waals surface area contributed by atoms with Crippen LogP contribution in [0.25, 0.3) is 11.3 Å². The highest BCUT2D eigenvalue weighted by molar-refractivity contribution is 6.31. The van der Waals surface area contributed by atoms with E-state index in [2.05, 4.69) is 15.3 Å². The quantitative estimate of drug-likeness (QED) is 0.888. The Hall–Kier alpha value is -1.46. The molecule has 0 bridgehead atoms. The number of benzene rings is 1. The molecule has 0 spiro atoms. The van der Waals surface area contributed by atoms with Gasteiger partial charge in [0.25, 0.3) is 0 Å². The van der Waals surface area contributed by atoms with E-state index in [9.17, 15) is 8.78 Å². The fraction of sp³-hybridized carbons (Fsp3) is 0.182. The molecule has 3 nitrogen and oxygen atoms in total. The number of hydrogen-bond donors (Lipinski definition) is 2. The van der Waals surface area contributed by atoms with E-state index >= 15 is 0 Å². The van der Waals surface area contributed by atoms with Crippen molar-refractivity contribution in [2.24, 2.45) is 0 Å². The second-order valence-electron chi connectivity index (χ2n) is 3.50. The van der Waals surface area contributed by atoms with E-state index in [4.69, 9.17) is 11.6 Å². The Morgan fingerprint density at radius 2 is 2.18 bits per heavy atom. The number of aromatic amines is 1. The lowest BCUT2D eigenvalue weighted by molar-refractivity contribution is 0.602. The SMILES string of the molecule is CNCc1nc(-c2cc(F)ccc2F)c(Cl)[nH]1. The highest BCUT2D eigenvalue weighted by Gasteiger charge is 2.14. The van der Waals surface area contributed by atoms with Gasteiger partial charge < -0.3 is 10.3 Å². The minimum atomic E-state index is -0.559. The zero-order chi connectivity index (χ0) is 12.4. The summed E-state index contributed by atoms with van der Waals surface area (Å²) in [6, 6.07) is 3.17. The molecule has 0 fully saturated rings. The average molecular weight is 258 g/mol. The molecule has 0 aliphatic rings. The molecule has 1 aromatic heterocycles. The largest absolute Gasteiger partial charge is 0.331 e. The third kappa shape index (κ3) is 2.45. The van der Waals surface area contributed by atoms with Crippen LogP contribution in [0.15, 0.2) is 18.2 Å². The van der Waals surface area contributed by atoms with Crippen LogP contribution in [0, 0.1) is 11.6 Å². The molecule has 90 valence electrons. The first-order valence-corrected chi connectivity index (χ1v) is 5.34. The van der Waals surface area contributed by atoms with Crippen molar-refractivity contribution >= 4 is 11.6 Å². The van der Waals surface area contributed by atoms with E-state index < -0.39 is 11.6 Å². The monoisotopic (exact) mass is 257 g/mol. The molecule has 0 saturated carbocycles. The summed E-state index contributed by atoms with van der Waals surface area (Å²) in [6.07, 6.45) is 0. The van der Waals surface area contributed by atoms with Crippen LogP contribution in [-0.4, -0.2) is 17.0 Å². The van der Waals surface area contributed by atoms with Crippen LogP contribution in [0.1, 0.15) is 5.82 Å². The Labute approximate surface area is 102 Å². The summed E-state index contributed by atoms with van der Waals surface area (Å²) in [5.74, 6) is -0.525. The van der Waals surface area contributed by atoms with Crippen molar-refractivity contribution in [2.45, 2.75) is 6.54 Å². The van der Waals surface area contributed by atoms with Gasteiger partial charge in [0.05, 0.1) is 6.54 Å². The lowest BCUT2D eigenvalue weighted by atomic mass is 10.1. The van der Waals surface area contributed by atoms with Crippen molar-refractivity contribution in [3.05, 3.63) is 40.8 Å². The number of nitrogens with one attached hydrogen (secondary N) is 2. The number of H-pyrrole nitrogens is 1. The highest BCUT2D eigenvalue weighted by atomic mass is 35.5. The van der Waals surface area contributed by atoms with Crippen LogP contribution in [0.4, 0.5) is 8.78 Å². The van der Waals surface area contributed by atoms with Gasteiger partial charge >= 0.3 is 0 Å². The molecular weight excluding hydrogens is 248 g/mol. The first-order chi connectivity index (χ1) is 8.11. The van der Waals surface area contributed by atoms with Gasteiger partial charge in [-0.1, -0.05) is 11.6 Å². The summed E-state index contributed by atoms with van der Waals surface area (Å²) in [5.41, 5.74) is 0.266. The number of nitrogens with zero attached hydrogens (tertiary/aromatic N) is 1. The zero-order valence-corrected chi connectivity index (χ0v) is 9.78. The predicted octanol–water partition coefficient (Wildman–Crippen LogP) is 2.73. The van der Waals surface area contributed by atoms with E-state index in [0.29, 0.717) is 12.4 Å². The van der Waals surface area contributed by atoms with E-state index in [1.807, 2.05) is 0 Å². The summed E-state index contributed by atoms with van der Waals surface area (Å²) < 4.78 is 26.6. The lowest BCUT2D eigenvalue weighted by Gasteiger charge is -2.00. The summed E-state index contributed by atoms with van der Waals surface area (Å²) in [5, 5.41) is 3.08. The number of aromatic nitrogens is 2. The number of hydrogen-bond acceptors (Lipinski definition) is 2. The number of halogens is 3. The molecule has 6 heteroatoms. The topological polar surface area (TPSA) is 40.7 Å². The van der Waals surface area contributed by atoms with Crippen molar-refractivity contribution in [3.63, 3.8) is 0 Å². The van der Waals surface area contributed by atoms with Gasteiger partial charge in [-0.25, -0.2) is 13.8 Å². The van der Waals surface area contributed by atoms with Crippen LogP contribution in [0.5, 0.6) is 0 Å². The Morgan fingerprint density at radius 1 is 1.41 bits per heavy atom. The molecule has 17 heavy (non-hydrogen) atoms. The Balaban J connectivity index is 2.48. The summed E-state index contributed by atoms with van der Waals surface area (Å²) in [4.78, 5) is 6.91. The molecule has 0 aliphatic heterocycles. The smallest absolute Gasteiger partial charge is 0.134 e. The summed E-state index contributed by atoms with van der Waals surface area (Å²) in [6.45, 7) is 0.469. The molecule has 0 aliphatic carbocycles. The Morgan fingerprint density at radius 3 is 2.88 bits per heavy atom. The lowest BCUT2D eigenvalue weighted by Crippen LogP contribution is -2.06. The van der Waals surface area contributed by atoms with Crippen LogP contribution in [0.2, 0.25) is 5.15 Å². The van der Waals surface area contributed by atoms with Crippen LogP contribution < -0.4 is 5.32 Å².